The maximum atomic E-state index is 11.8. The van der Waals surface area contributed by atoms with E-state index in [1.54, 1.807) is 11.8 Å². The van der Waals surface area contributed by atoms with Crippen LogP contribution >= 0.6 is 0 Å². The lowest BCUT2D eigenvalue weighted by Crippen LogP contribution is -2.40. The van der Waals surface area contributed by atoms with Crippen molar-refractivity contribution >= 4 is 11.9 Å². The third kappa shape index (κ3) is 6.94. The van der Waals surface area contributed by atoms with E-state index in [1.165, 1.54) is 0 Å². The molecule has 0 saturated heterocycles. The largest absolute Gasteiger partial charge is 0.481 e. The summed E-state index contributed by atoms with van der Waals surface area (Å²) in [5.41, 5.74) is 0. The van der Waals surface area contributed by atoms with Crippen molar-refractivity contribution in [3.8, 4) is 0 Å². The van der Waals surface area contributed by atoms with Gasteiger partial charge in [0, 0.05) is 19.2 Å². The average Bonchev–Trinajstić information content (AvgIpc) is 2.24. The van der Waals surface area contributed by atoms with Crippen LogP contribution in [-0.4, -0.2) is 47.7 Å². The van der Waals surface area contributed by atoms with Gasteiger partial charge in [-0.15, -0.1) is 0 Å². The fourth-order valence-corrected chi connectivity index (χ4v) is 1.65. The molecule has 0 rings (SSSR count). The Bertz CT molecular complexity index is 243. The molecule has 0 aliphatic rings. The predicted octanol–water partition coefficient (Wildman–Crippen LogP) is 1.51. The van der Waals surface area contributed by atoms with Crippen LogP contribution in [0.15, 0.2) is 0 Å². The number of hydrogen-bond acceptors (Lipinski definition) is 3. The molecule has 1 unspecified atom stereocenters. The van der Waals surface area contributed by atoms with E-state index in [-0.39, 0.29) is 18.4 Å². The van der Waals surface area contributed by atoms with Crippen molar-refractivity contribution in [1.29, 1.82) is 0 Å². The van der Waals surface area contributed by atoms with Gasteiger partial charge in [0.2, 0.25) is 5.91 Å². The molecule has 5 heteroatoms. The first kappa shape index (κ1) is 15.9. The number of hydrogen-bond donors (Lipinski definition) is 1. The maximum Gasteiger partial charge on any atom is 0.305 e. The van der Waals surface area contributed by atoms with E-state index in [1.807, 2.05) is 13.8 Å². The van der Waals surface area contributed by atoms with E-state index in [4.69, 9.17) is 9.84 Å². The topological polar surface area (TPSA) is 66.8 Å². The second-order valence-corrected chi connectivity index (χ2v) is 3.99. The van der Waals surface area contributed by atoms with Crippen LogP contribution in [0.2, 0.25) is 0 Å². The molecule has 0 aliphatic carbocycles. The molecule has 0 aromatic heterocycles. The smallest absolute Gasteiger partial charge is 0.305 e. The summed E-state index contributed by atoms with van der Waals surface area (Å²) in [4.78, 5) is 24.0. The Labute approximate surface area is 103 Å². The van der Waals surface area contributed by atoms with Crippen LogP contribution in [0.1, 0.15) is 40.0 Å². The van der Waals surface area contributed by atoms with Gasteiger partial charge in [-0.05, 0) is 20.3 Å². The lowest BCUT2D eigenvalue weighted by atomic mass is 10.2. The Morgan fingerprint density at radius 1 is 1.29 bits per heavy atom. The first-order chi connectivity index (χ1) is 8.02. The molecule has 0 heterocycles. The minimum atomic E-state index is -0.883. The summed E-state index contributed by atoms with van der Waals surface area (Å²) < 4.78 is 5.25. The number of carbonyl (C=O) groups excluding carboxylic acids is 1. The lowest BCUT2D eigenvalue weighted by molar-refractivity contribution is -0.140. The van der Waals surface area contributed by atoms with Crippen molar-refractivity contribution in [2.24, 2.45) is 0 Å². The van der Waals surface area contributed by atoms with E-state index < -0.39 is 5.97 Å². The third-order valence-electron chi connectivity index (χ3n) is 2.47. The first-order valence-corrected chi connectivity index (χ1v) is 6.11. The molecule has 0 aromatic carbocycles. The third-order valence-corrected chi connectivity index (χ3v) is 2.47. The van der Waals surface area contributed by atoms with E-state index in [2.05, 4.69) is 0 Å². The number of carboxylic acid groups (broad SMARTS) is 1. The monoisotopic (exact) mass is 245 g/mol. The Morgan fingerprint density at radius 2 is 1.94 bits per heavy atom. The number of nitrogens with zero attached hydrogens (tertiary/aromatic N) is 1. The standard InChI is InChI=1S/C12H23NO4/c1-4-7-17-8-6-11(14)13(5-2)10(3)9-12(15)16/h10H,4-9H2,1-3H3,(H,15,16). The van der Waals surface area contributed by atoms with E-state index >= 15 is 0 Å². The van der Waals surface area contributed by atoms with E-state index in [0.29, 0.717) is 26.2 Å². The van der Waals surface area contributed by atoms with Crippen LogP contribution in [0.4, 0.5) is 0 Å². The van der Waals surface area contributed by atoms with Gasteiger partial charge in [-0.25, -0.2) is 0 Å². The van der Waals surface area contributed by atoms with Crippen molar-refractivity contribution in [2.75, 3.05) is 19.8 Å². The van der Waals surface area contributed by atoms with Crippen molar-refractivity contribution in [1.82, 2.24) is 4.90 Å². The SMILES string of the molecule is CCCOCCC(=O)N(CC)C(C)CC(=O)O. The highest BCUT2D eigenvalue weighted by Crippen LogP contribution is 2.06. The van der Waals surface area contributed by atoms with Crippen molar-refractivity contribution in [3.05, 3.63) is 0 Å². The number of carboxylic acids is 1. The van der Waals surface area contributed by atoms with Crippen LogP contribution in [-0.2, 0) is 14.3 Å². The van der Waals surface area contributed by atoms with Crippen LogP contribution in [0.3, 0.4) is 0 Å². The van der Waals surface area contributed by atoms with Gasteiger partial charge in [0.1, 0.15) is 0 Å². The molecule has 0 spiro atoms. The Kier molecular flexibility index (Phi) is 8.40. The van der Waals surface area contributed by atoms with Crippen LogP contribution in [0, 0.1) is 0 Å². The summed E-state index contributed by atoms with van der Waals surface area (Å²) >= 11 is 0. The zero-order valence-corrected chi connectivity index (χ0v) is 10.9. The quantitative estimate of drug-likeness (QED) is 0.625. The Balaban J connectivity index is 4.06. The molecule has 0 radical (unpaired) electrons. The van der Waals surface area contributed by atoms with Gasteiger partial charge < -0.3 is 14.7 Å². The van der Waals surface area contributed by atoms with Gasteiger partial charge in [0.25, 0.3) is 0 Å². The van der Waals surface area contributed by atoms with Gasteiger partial charge in [-0.3, -0.25) is 9.59 Å². The molecule has 0 fully saturated rings. The molecule has 1 amide bonds. The fraction of sp³-hybridized carbons (Fsp3) is 0.833. The summed E-state index contributed by atoms with van der Waals surface area (Å²) in [6.45, 7) is 7.20. The molecule has 0 bridgehead atoms. The zero-order valence-electron chi connectivity index (χ0n) is 10.9. The predicted molar refractivity (Wildman–Crippen MR) is 64.8 cm³/mol. The van der Waals surface area contributed by atoms with Crippen LogP contribution in [0.25, 0.3) is 0 Å². The maximum absolute atomic E-state index is 11.8. The number of ether oxygens (including phenoxy) is 1. The normalized spacial score (nSPS) is 12.2. The molecule has 0 aromatic rings. The second-order valence-electron chi connectivity index (χ2n) is 3.99. The molecule has 1 atom stereocenters. The summed E-state index contributed by atoms with van der Waals surface area (Å²) in [6.07, 6.45) is 1.23. The molecular weight excluding hydrogens is 222 g/mol. The summed E-state index contributed by atoms with van der Waals surface area (Å²) in [7, 11) is 0. The average molecular weight is 245 g/mol. The van der Waals surface area contributed by atoms with Crippen molar-refractivity contribution in [2.45, 2.75) is 46.1 Å². The van der Waals surface area contributed by atoms with E-state index in [0.717, 1.165) is 6.42 Å². The van der Waals surface area contributed by atoms with Gasteiger partial charge in [-0.1, -0.05) is 6.92 Å². The Hall–Kier alpha value is -1.10. The molecule has 100 valence electrons. The second kappa shape index (κ2) is 8.98. The van der Waals surface area contributed by atoms with Gasteiger partial charge in [0.05, 0.1) is 19.4 Å². The highest BCUT2D eigenvalue weighted by atomic mass is 16.5. The lowest BCUT2D eigenvalue weighted by Gasteiger charge is -2.27. The van der Waals surface area contributed by atoms with Crippen molar-refractivity contribution in [3.63, 3.8) is 0 Å². The summed E-state index contributed by atoms with van der Waals surface area (Å²) in [5.74, 6) is -0.927. The first-order valence-electron chi connectivity index (χ1n) is 6.11. The van der Waals surface area contributed by atoms with Crippen LogP contribution in [0.5, 0.6) is 0 Å². The molecule has 5 nitrogen and oxygen atoms in total. The minimum absolute atomic E-state index is 0.0185. The molecule has 17 heavy (non-hydrogen) atoms. The summed E-state index contributed by atoms with van der Waals surface area (Å²) in [6, 6.07) is -0.267. The van der Waals surface area contributed by atoms with Crippen LogP contribution < -0.4 is 0 Å². The van der Waals surface area contributed by atoms with Gasteiger partial charge in [-0.2, -0.15) is 0 Å². The van der Waals surface area contributed by atoms with E-state index in [9.17, 15) is 9.59 Å². The molecule has 1 N–H and O–H groups in total. The molecule has 0 saturated carbocycles. The number of amides is 1. The highest BCUT2D eigenvalue weighted by Gasteiger charge is 2.20. The van der Waals surface area contributed by atoms with Gasteiger partial charge in [0.15, 0.2) is 0 Å². The highest BCUT2D eigenvalue weighted by molar-refractivity contribution is 5.77. The zero-order chi connectivity index (χ0) is 13.3. The number of aliphatic carboxylic acids is 1. The minimum Gasteiger partial charge on any atom is -0.481 e. The van der Waals surface area contributed by atoms with Crippen molar-refractivity contribution < 1.29 is 19.4 Å². The van der Waals surface area contributed by atoms with Gasteiger partial charge >= 0.3 is 5.97 Å². The Morgan fingerprint density at radius 3 is 2.41 bits per heavy atom. The summed E-state index contributed by atoms with van der Waals surface area (Å²) in [5, 5.41) is 8.69. The molecular formula is C12H23NO4. The molecule has 0 aliphatic heterocycles. The number of rotatable bonds is 9. The number of carbonyl (C=O) groups is 2. The fourth-order valence-electron chi connectivity index (χ4n) is 1.65.